The fourth-order valence-corrected chi connectivity index (χ4v) is 2.99. The first-order valence-corrected chi connectivity index (χ1v) is 7.19. The number of likely N-dealkylation sites (N-methyl/N-ethyl adjacent to an activating group) is 1. The smallest absolute Gasteiger partial charge is 0.0826 e. The zero-order valence-electron chi connectivity index (χ0n) is 10.7. The van der Waals surface area contributed by atoms with Crippen molar-refractivity contribution in [3.63, 3.8) is 0 Å². The lowest BCUT2D eigenvalue weighted by molar-refractivity contribution is -0.0253. The predicted molar refractivity (Wildman–Crippen MR) is 72.6 cm³/mol. The molecule has 1 saturated heterocycles. The van der Waals surface area contributed by atoms with Crippen molar-refractivity contribution in [3.8, 4) is 0 Å². The molecule has 1 aliphatic rings. The van der Waals surface area contributed by atoms with E-state index in [1.165, 1.54) is 9.75 Å². The van der Waals surface area contributed by atoms with Gasteiger partial charge in [-0.05, 0) is 25.6 Å². The molecule has 0 saturated carbocycles. The lowest BCUT2D eigenvalue weighted by Gasteiger charge is -2.32. The van der Waals surface area contributed by atoms with Gasteiger partial charge in [0.2, 0.25) is 0 Å². The van der Waals surface area contributed by atoms with E-state index in [4.69, 9.17) is 4.74 Å². The Bertz CT molecular complexity index is 340. The summed E-state index contributed by atoms with van der Waals surface area (Å²) in [5.41, 5.74) is 0. The van der Waals surface area contributed by atoms with E-state index in [2.05, 4.69) is 36.2 Å². The molecule has 17 heavy (non-hydrogen) atoms. The molecule has 0 amide bonds. The zero-order valence-corrected chi connectivity index (χ0v) is 11.6. The highest BCUT2D eigenvalue weighted by molar-refractivity contribution is 7.11. The maximum absolute atomic E-state index is 5.75. The first-order chi connectivity index (χ1) is 8.28. The van der Waals surface area contributed by atoms with Crippen LogP contribution >= 0.6 is 11.3 Å². The molecule has 4 heteroatoms. The van der Waals surface area contributed by atoms with Crippen molar-refractivity contribution in [2.24, 2.45) is 0 Å². The van der Waals surface area contributed by atoms with Gasteiger partial charge in [-0.1, -0.05) is 6.92 Å². The van der Waals surface area contributed by atoms with Crippen LogP contribution < -0.4 is 5.32 Å². The highest BCUT2D eigenvalue weighted by Gasteiger charge is 2.18. The van der Waals surface area contributed by atoms with E-state index in [1.54, 1.807) is 0 Å². The first kappa shape index (κ1) is 13.0. The molecule has 0 unspecified atom stereocenters. The Kier molecular flexibility index (Phi) is 4.98. The summed E-state index contributed by atoms with van der Waals surface area (Å²) in [4.78, 5) is 5.24. The largest absolute Gasteiger partial charge is 0.374 e. The van der Waals surface area contributed by atoms with Gasteiger partial charge in [0.15, 0.2) is 0 Å². The highest BCUT2D eigenvalue weighted by atomic mass is 32.1. The molecule has 1 atom stereocenters. The van der Waals surface area contributed by atoms with E-state index in [-0.39, 0.29) is 0 Å². The monoisotopic (exact) mass is 254 g/mol. The lowest BCUT2D eigenvalue weighted by atomic mass is 10.2. The summed E-state index contributed by atoms with van der Waals surface area (Å²) < 4.78 is 5.75. The number of hydrogen-bond donors (Lipinski definition) is 1. The molecule has 1 fully saturated rings. The van der Waals surface area contributed by atoms with Gasteiger partial charge in [-0.2, -0.15) is 0 Å². The van der Waals surface area contributed by atoms with Crippen LogP contribution in [0, 0.1) is 6.92 Å². The quantitative estimate of drug-likeness (QED) is 0.868. The average Bonchev–Trinajstić information content (AvgIpc) is 2.75. The summed E-state index contributed by atoms with van der Waals surface area (Å²) >= 11 is 1.87. The van der Waals surface area contributed by atoms with E-state index in [1.807, 2.05) is 11.3 Å². The van der Waals surface area contributed by atoms with Crippen LogP contribution in [0.4, 0.5) is 0 Å². The Balaban J connectivity index is 1.68. The summed E-state index contributed by atoms with van der Waals surface area (Å²) in [7, 11) is 0. The van der Waals surface area contributed by atoms with Gasteiger partial charge in [0.1, 0.15) is 0 Å². The molecule has 0 bridgehead atoms. The van der Waals surface area contributed by atoms with Gasteiger partial charge in [-0.25, -0.2) is 0 Å². The molecule has 1 aromatic rings. The van der Waals surface area contributed by atoms with Crippen LogP contribution in [0.5, 0.6) is 0 Å². The SMILES string of the molecule is CCN1CCO[C@@H](CNCc2ccc(C)s2)C1. The molecule has 1 N–H and O–H groups in total. The number of aryl methyl sites for hydroxylation is 1. The van der Waals surface area contributed by atoms with Gasteiger partial charge in [0.25, 0.3) is 0 Å². The number of nitrogens with zero attached hydrogens (tertiary/aromatic N) is 1. The number of morpholine rings is 1. The second-order valence-electron chi connectivity index (χ2n) is 4.53. The maximum atomic E-state index is 5.75. The number of nitrogens with one attached hydrogen (secondary N) is 1. The summed E-state index contributed by atoms with van der Waals surface area (Å²) in [5.74, 6) is 0. The van der Waals surface area contributed by atoms with Crippen LogP contribution in [0.1, 0.15) is 16.7 Å². The van der Waals surface area contributed by atoms with E-state index in [0.29, 0.717) is 6.10 Å². The summed E-state index contributed by atoms with van der Waals surface area (Å²) in [6.07, 6.45) is 0.352. The van der Waals surface area contributed by atoms with Crippen LogP contribution in [0.2, 0.25) is 0 Å². The molecule has 2 rings (SSSR count). The van der Waals surface area contributed by atoms with Crippen molar-refractivity contribution in [3.05, 3.63) is 21.9 Å². The molecule has 1 aliphatic heterocycles. The Morgan fingerprint density at radius 2 is 2.41 bits per heavy atom. The highest BCUT2D eigenvalue weighted by Crippen LogP contribution is 2.14. The maximum Gasteiger partial charge on any atom is 0.0826 e. The molecule has 0 radical (unpaired) electrons. The fourth-order valence-electron chi connectivity index (χ4n) is 2.13. The van der Waals surface area contributed by atoms with E-state index in [0.717, 1.165) is 39.3 Å². The van der Waals surface area contributed by atoms with Crippen molar-refractivity contribution >= 4 is 11.3 Å². The topological polar surface area (TPSA) is 24.5 Å². The van der Waals surface area contributed by atoms with Crippen LogP contribution in [0.15, 0.2) is 12.1 Å². The molecule has 0 aromatic carbocycles. The van der Waals surface area contributed by atoms with Gasteiger partial charge in [0.05, 0.1) is 12.7 Å². The van der Waals surface area contributed by atoms with Crippen molar-refractivity contribution in [2.75, 3.05) is 32.8 Å². The molecule has 1 aromatic heterocycles. The fraction of sp³-hybridized carbons (Fsp3) is 0.692. The summed E-state index contributed by atoms with van der Waals surface area (Å²) in [5, 5.41) is 3.49. The lowest BCUT2D eigenvalue weighted by Crippen LogP contribution is -2.46. The molecular weight excluding hydrogens is 232 g/mol. The number of ether oxygens (including phenoxy) is 1. The third-order valence-electron chi connectivity index (χ3n) is 3.14. The third kappa shape index (κ3) is 4.07. The van der Waals surface area contributed by atoms with Crippen LogP contribution in [0.25, 0.3) is 0 Å². The first-order valence-electron chi connectivity index (χ1n) is 6.38. The summed E-state index contributed by atoms with van der Waals surface area (Å²) in [6.45, 7) is 10.4. The molecule has 96 valence electrons. The number of hydrogen-bond acceptors (Lipinski definition) is 4. The van der Waals surface area contributed by atoms with Crippen molar-refractivity contribution < 1.29 is 4.74 Å². The second kappa shape index (κ2) is 6.50. The van der Waals surface area contributed by atoms with E-state index >= 15 is 0 Å². The van der Waals surface area contributed by atoms with Gasteiger partial charge >= 0.3 is 0 Å². The molecule has 2 heterocycles. The zero-order chi connectivity index (χ0) is 12.1. The minimum absolute atomic E-state index is 0.352. The van der Waals surface area contributed by atoms with Crippen LogP contribution in [-0.2, 0) is 11.3 Å². The molecule has 3 nitrogen and oxygen atoms in total. The van der Waals surface area contributed by atoms with Crippen molar-refractivity contribution in [1.29, 1.82) is 0 Å². The van der Waals surface area contributed by atoms with Crippen molar-refractivity contribution in [2.45, 2.75) is 26.5 Å². The number of thiophene rings is 1. The van der Waals surface area contributed by atoms with E-state index < -0.39 is 0 Å². The van der Waals surface area contributed by atoms with Gasteiger partial charge < -0.3 is 10.1 Å². The van der Waals surface area contributed by atoms with Gasteiger partial charge in [-0.3, -0.25) is 4.90 Å². The van der Waals surface area contributed by atoms with Crippen molar-refractivity contribution in [1.82, 2.24) is 10.2 Å². The minimum Gasteiger partial charge on any atom is -0.374 e. The Hall–Kier alpha value is -0.420. The summed E-state index contributed by atoms with van der Waals surface area (Å²) in [6, 6.07) is 4.38. The number of rotatable bonds is 5. The second-order valence-corrected chi connectivity index (χ2v) is 5.90. The molecular formula is C13H22N2OS. The Morgan fingerprint density at radius 1 is 1.53 bits per heavy atom. The minimum atomic E-state index is 0.352. The molecule has 0 spiro atoms. The standard InChI is InChI=1S/C13H22N2OS/c1-3-15-6-7-16-12(10-15)8-14-9-13-5-4-11(2)17-13/h4-5,12,14H,3,6-10H2,1-2H3/t12-/m0/s1. The molecule has 0 aliphatic carbocycles. The van der Waals surface area contributed by atoms with Crippen LogP contribution in [0.3, 0.4) is 0 Å². The Morgan fingerprint density at radius 3 is 3.12 bits per heavy atom. The third-order valence-corrected chi connectivity index (χ3v) is 4.14. The normalized spacial score (nSPS) is 21.9. The van der Waals surface area contributed by atoms with Gasteiger partial charge in [-0.15, -0.1) is 11.3 Å². The van der Waals surface area contributed by atoms with Gasteiger partial charge in [0, 0.05) is 35.9 Å². The Labute approximate surface area is 108 Å². The van der Waals surface area contributed by atoms with E-state index in [9.17, 15) is 0 Å². The average molecular weight is 254 g/mol. The predicted octanol–water partition coefficient (Wildman–Crippen LogP) is 1.87. The van der Waals surface area contributed by atoms with Crippen LogP contribution in [-0.4, -0.2) is 43.8 Å².